The van der Waals surface area contributed by atoms with Crippen molar-refractivity contribution in [2.45, 2.75) is 17.7 Å². The van der Waals surface area contributed by atoms with Crippen molar-refractivity contribution < 1.29 is 17.9 Å². The fourth-order valence-corrected chi connectivity index (χ4v) is 4.62. The smallest absolute Gasteiger partial charge is 0.261 e. The van der Waals surface area contributed by atoms with Crippen molar-refractivity contribution >= 4 is 27.3 Å². The van der Waals surface area contributed by atoms with Crippen molar-refractivity contribution in [2.24, 2.45) is 0 Å². The normalized spacial score (nSPS) is 13.4. The first-order valence-corrected chi connectivity index (χ1v) is 11.1. The third kappa shape index (κ3) is 4.02. The molecule has 1 aliphatic rings. The molecule has 0 unspecified atom stereocenters. The Labute approximate surface area is 176 Å². The molecule has 0 bridgehead atoms. The second-order valence-corrected chi connectivity index (χ2v) is 8.73. The van der Waals surface area contributed by atoms with Crippen molar-refractivity contribution in [3.05, 3.63) is 83.9 Å². The van der Waals surface area contributed by atoms with Crippen LogP contribution in [0.15, 0.2) is 77.7 Å². The number of aryl methyl sites for hydroxylation is 1. The summed E-state index contributed by atoms with van der Waals surface area (Å²) >= 11 is 0. The number of para-hydroxylation sites is 1. The number of hydrogen-bond donors (Lipinski definition) is 1. The van der Waals surface area contributed by atoms with Gasteiger partial charge in [0.05, 0.1) is 12.0 Å². The number of rotatable bonds is 5. The van der Waals surface area contributed by atoms with E-state index >= 15 is 0 Å². The van der Waals surface area contributed by atoms with Crippen LogP contribution in [-0.2, 0) is 16.4 Å². The van der Waals surface area contributed by atoms with Crippen LogP contribution in [0.2, 0.25) is 0 Å². The first kappa shape index (κ1) is 20.0. The molecule has 0 radical (unpaired) electrons. The monoisotopic (exact) mass is 422 g/mol. The summed E-state index contributed by atoms with van der Waals surface area (Å²) in [6.07, 6.45) is 1.75. The van der Waals surface area contributed by atoms with Gasteiger partial charge in [0, 0.05) is 23.5 Å². The number of anilines is 2. The summed E-state index contributed by atoms with van der Waals surface area (Å²) in [4.78, 5) is 14.9. The van der Waals surface area contributed by atoms with Crippen LogP contribution in [0.1, 0.15) is 22.3 Å². The molecule has 7 heteroatoms. The molecule has 0 fully saturated rings. The number of nitrogens with one attached hydrogen (secondary N) is 1. The predicted octanol–water partition coefficient (Wildman–Crippen LogP) is 4.09. The summed E-state index contributed by atoms with van der Waals surface area (Å²) in [6, 6.07) is 20.4. The summed E-state index contributed by atoms with van der Waals surface area (Å²) in [5.41, 5.74) is 2.87. The minimum Gasteiger partial charge on any atom is -0.497 e. The number of fused-ring (bicyclic) bond motifs is 1. The van der Waals surface area contributed by atoms with Crippen molar-refractivity contribution in [1.29, 1.82) is 0 Å². The minimum atomic E-state index is -3.73. The van der Waals surface area contributed by atoms with Crippen LogP contribution in [0.4, 0.5) is 11.4 Å². The molecule has 0 aliphatic carbocycles. The molecule has 3 aromatic carbocycles. The van der Waals surface area contributed by atoms with Crippen molar-refractivity contribution in [3.63, 3.8) is 0 Å². The molecule has 1 heterocycles. The summed E-state index contributed by atoms with van der Waals surface area (Å²) < 4.78 is 33.0. The van der Waals surface area contributed by atoms with E-state index in [0.717, 1.165) is 29.8 Å². The molecule has 154 valence electrons. The molecular weight excluding hydrogens is 400 g/mol. The van der Waals surface area contributed by atoms with Crippen molar-refractivity contribution in [1.82, 2.24) is 0 Å². The highest BCUT2D eigenvalue weighted by atomic mass is 32.2. The van der Waals surface area contributed by atoms with Crippen molar-refractivity contribution in [3.8, 4) is 5.75 Å². The second-order valence-electron chi connectivity index (χ2n) is 7.05. The first-order valence-electron chi connectivity index (χ1n) is 9.65. The Kier molecular flexibility index (Phi) is 5.46. The number of amides is 1. The zero-order valence-electron chi connectivity index (χ0n) is 16.5. The molecule has 1 aliphatic heterocycles. The van der Waals surface area contributed by atoms with E-state index in [0.29, 0.717) is 17.8 Å². The lowest BCUT2D eigenvalue weighted by Crippen LogP contribution is -2.35. The molecule has 0 atom stereocenters. The Morgan fingerprint density at radius 1 is 1.00 bits per heavy atom. The van der Waals surface area contributed by atoms with E-state index in [1.165, 1.54) is 12.1 Å². The molecular formula is C23H22N2O4S. The van der Waals surface area contributed by atoms with E-state index in [1.54, 1.807) is 48.4 Å². The van der Waals surface area contributed by atoms with Gasteiger partial charge >= 0.3 is 0 Å². The number of sulfonamides is 1. The SMILES string of the molecule is COc1ccc2c(c1)CCCN2C(=O)c1ccc(S(=O)(=O)Nc2ccccc2)cc1. The summed E-state index contributed by atoms with van der Waals surface area (Å²) in [5.74, 6) is 0.615. The fraction of sp³-hybridized carbons (Fsp3) is 0.174. The van der Waals surface area contributed by atoms with Gasteiger partial charge in [-0.1, -0.05) is 18.2 Å². The van der Waals surface area contributed by atoms with Gasteiger partial charge in [0.2, 0.25) is 0 Å². The van der Waals surface area contributed by atoms with E-state index < -0.39 is 10.0 Å². The lowest BCUT2D eigenvalue weighted by Gasteiger charge is -2.30. The van der Waals surface area contributed by atoms with E-state index in [9.17, 15) is 13.2 Å². The van der Waals surface area contributed by atoms with Gasteiger partial charge in [-0.15, -0.1) is 0 Å². The van der Waals surface area contributed by atoms with Gasteiger partial charge < -0.3 is 9.64 Å². The van der Waals surface area contributed by atoms with Gasteiger partial charge in [0.25, 0.3) is 15.9 Å². The van der Waals surface area contributed by atoms with E-state index in [2.05, 4.69) is 4.72 Å². The van der Waals surface area contributed by atoms with Crippen LogP contribution in [0.5, 0.6) is 5.75 Å². The maximum absolute atomic E-state index is 13.1. The Bertz CT molecular complexity index is 1160. The zero-order chi connectivity index (χ0) is 21.1. The molecule has 0 aromatic heterocycles. The average Bonchev–Trinajstić information content (AvgIpc) is 2.78. The third-order valence-electron chi connectivity index (χ3n) is 5.09. The highest BCUT2D eigenvalue weighted by Crippen LogP contribution is 2.31. The summed E-state index contributed by atoms with van der Waals surface area (Å²) in [6.45, 7) is 0.619. The number of carbonyl (C=O) groups is 1. The highest BCUT2D eigenvalue weighted by Gasteiger charge is 2.24. The number of nitrogens with zero attached hydrogens (tertiary/aromatic N) is 1. The quantitative estimate of drug-likeness (QED) is 0.672. The first-order chi connectivity index (χ1) is 14.5. The zero-order valence-corrected chi connectivity index (χ0v) is 17.4. The molecule has 0 saturated carbocycles. The number of benzene rings is 3. The minimum absolute atomic E-state index is 0.103. The molecule has 0 spiro atoms. The van der Waals surface area contributed by atoms with Gasteiger partial charge in [0.15, 0.2) is 0 Å². The Morgan fingerprint density at radius 3 is 2.43 bits per heavy atom. The van der Waals surface area contributed by atoms with E-state index in [4.69, 9.17) is 4.74 Å². The topological polar surface area (TPSA) is 75.7 Å². The lowest BCUT2D eigenvalue weighted by atomic mass is 10.0. The predicted molar refractivity (Wildman–Crippen MR) is 117 cm³/mol. The van der Waals surface area contributed by atoms with Gasteiger partial charge in [-0.05, 0) is 73.0 Å². The standard InChI is InChI=1S/C23H22N2O4S/c1-29-20-11-14-22-18(16-20)6-5-15-25(22)23(26)17-9-12-21(13-10-17)30(27,28)24-19-7-3-2-4-8-19/h2-4,7-14,16,24H,5-6,15H2,1H3. The molecule has 1 N–H and O–H groups in total. The Morgan fingerprint density at radius 2 is 1.73 bits per heavy atom. The number of ether oxygens (including phenoxy) is 1. The third-order valence-corrected chi connectivity index (χ3v) is 6.49. The molecule has 30 heavy (non-hydrogen) atoms. The van der Waals surface area contributed by atoms with Crippen LogP contribution >= 0.6 is 0 Å². The summed E-state index contributed by atoms with van der Waals surface area (Å²) in [5, 5.41) is 0. The largest absolute Gasteiger partial charge is 0.497 e. The molecule has 4 rings (SSSR count). The fourth-order valence-electron chi connectivity index (χ4n) is 3.56. The Hall–Kier alpha value is -3.32. The number of carbonyl (C=O) groups excluding carboxylic acids is 1. The van der Waals surface area contributed by atoms with Crippen molar-refractivity contribution in [2.75, 3.05) is 23.3 Å². The maximum Gasteiger partial charge on any atom is 0.261 e. The molecule has 1 amide bonds. The maximum atomic E-state index is 13.1. The highest BCUT2D eigenvalue weighted by molar-refractivity contribution is 7.92. The lowest BCUT2D eigenvalue weighted by molar-refractivity contribution is 0.0985. The van der Waals surface area contributed by atoms with Gasteiger partial charge in [0.1, 0.15) is 5.75 Å². The van der Waals surface area contributed by atoms with E-state index in [-0.39, 0.29) is 10.8 Å². The van der Waals surface area contributed by atoms with Gasteiger partial charge in [-0.3, -0.25) is 9.52 Å². The van der Waals surface area contributed by atoms with E-state index in [1.807, 2.05) is 24.3 Å². The number of hydrogen-bond acceptors (Lipinski definition) is 4. The van der Waals surface area contributed by atoms with Gasteiger partial charge in [-0.25, -0.2) is 8.42 Å². The average molecular weight is 423 g/mol. The molecule has 3 aromatic rings. The van der Waals surface area contributed by atoms with Crippen LogP contribution < -0.4 is 14.4 Å². The summed E-state index contributed by atoms with van der Waals surface area (Å²) in [7, 11) is -2.11. The second kappa shape index (κ2) is 8.20. The Balaban J connectivity index is 1.56. The number of methoxy groups -OCH3 is 1. The van der Waals surface area contributed by atoms with Crippen LogP contribution in [-0.4, -0.2) is 28.0 Å². The van der Waals surface area contributed by atoms with Crippen LogP contribution in [0, 0.1) is 0 Å². The van der Waals surface area contributed by atoms with Crippen LogP contribution in [0.25, 0.3) is 0 Å². The van der Waals surface area contributed by atoms with Crippen LogP contribution in [0.3, 0.4) is 0 Å². The molecule has 0 saturated heterocycles. The molecule has 6 nitrogen and oxygen atoms in total. The van der Waals surface area contributed by atoms with Gasteiger partial charge in [-0.2, -0.15) is 0 Å².